The molecule has 3 aliphatic carbocycles. The van der Waals surface area contributed by atoms with Crippen molar-refractivity contribution in [1.82, 2.24) is 5.32 Å². The number of rotatable bonds is 5. The zero-order chi connectivity index (χ0) is 13.8. The largest absolute Gasteiger partial charge is 0.310 e. The first-order valence-electron chi connectivity index (χ1n) is 9.25. The van der Waals surface area contributed by atoms with Gasteiger partial charge in [-0.25, -0.2) is 0 Å². The van der Waals surface area contributed by atoms with Gasteiger partial charge >= 0.3 is 0 Å². The topological polar surface area (TPSA) is 12.0 Å². The molecular weight excluding hydrogens is 242 g/mol. The van der Waals surface area contributed by atoms with Crippen LogP contribution in [0.15, 0.2) is 11.6 Å². The second kappa shape index (κ2) is 7.11. The molecule has 0 amide bonds. The molecule has 0 radical (unpaired) electrons. The molecule has 3 rings (SSSR count). The third kappa shape index (κ3) is 4.35. The van der Waals surface area contributed by atoms with Crippen molar-refractivity contribution in [2.75, 3.05) is 6.54 Å². The van der Waals surface area contributed by atoms with Crippen LogP contribution in [0.3, 0.4) is 0 Å². The summed E-state index contributed by atoms with van der Waals surface area (Å²) in [6.45, 7) is 3.64. The Balaban J connectivity index is 1.62. The maximum Gasteiger partial charge on any atom is 0.0170 e. The predicted octanol–water partition coefficient (Wildman–Crippen LogP) is 5.07. The standard InChI is InChI=1S/C19H33N/c1-15-6-5-7-16(12-15)13-18(14-20-19-10-11-19)17-8-3-2-4-9-17/h13,15-17,19-20H,2-12,14H2,1H3/b18-13-. The van der Waals surface area contributed by atoms with Crippen LogP contribution in [0.4, 0.5) is 0 Å². The van der Waals surface area contributed by atoms with Crippen molar-refractivity contribution < 1.29 is 0 Å². The first kappa shape index (κ1) is 14.6. The molecule has 0 saturated heterocycles. The molecule has 20 heavy (non-hydrogen) atoms. The summed E-state index contributed by atoms with van der Waals surface area (Å²) in [4.78, 5) is 0. The Morgan fingerprint density at radius 3 is 2.45 bits per heavy atom. The van der Waals surface area contributed by atoms with E-state index < -0.39 is 0 Å². The minimum Gasteiger partial charge on any atom is -0.310 e. The summed E-state index contributed by atoms with van der Waals surface area (Å²) in [6.07, 6.45) is 18.7. The summed E-state index contributed by atoms with van der Waals surface area (Å²) in [6, 6.07) is 0.854. The van der Waals surface area contributed by atoms with E-state index in [1.54, 1.807) is 5.57 Å². The molecule has 0 bridgehead atoms. The summed E-state index contributed by atoms with van der Waals surface area (Å²) >= 11 is 0. The van der Waals surface area contributed by atoms with Gasteiger partial charge in [-0.1, -0.05) is 50.7 Å². The third-order valence-electron chi connectivity index (χ3n) is 5.73. The van der Waals surface area contributed by atoms with Crippen molar-refractivity contribution in [2.24, 2.45) is 17.8 Å². The monoisotopic (exact) mass is 275 g/mol. The molecule has 0 heterocycles. The van der Waals surface area contributed by atoms with Gasteiger partial charge in [0.05, 0.1) is 0 Å². The fourth-order valence-corrected chi connectivity index (χ4v) is 4.30. The van der Waals surface area contributed by atoms with Crippen LogP contribution in [-0.4, -0.2) is 12.6 Å². The molecule has 2 unspecified atom stereocenters. The third-order valence-corrected chi connectivity index (χ3v) is 5.73. The lowest BCUT2D eigenvalue weighted by atomic mass is 9.78. The molecule has 2 atom stereocenters. The molecule has 3 fully saturated rings. The summed E-state index contributed by atoms with van der Waals surface area (Å²) in [5.74, 6) is 2.75. The maximum absolute atomic E-state index is 3.79. The first-order chi connectivity index (χ1) is 9.81. The summed E-state index contributed by atoms with van der Waals surface area (Å²) in [5, 5.41) is 3.79. The number of nitrogens with one attached hydrogen (secondary N) is 1. The number of hydrogen-bond acceptors (Lipinski definition) is 1. The van der Waals surface area contributed by atoms with Gasteiger partial charge in [0.25, 0.3) is 0 Å². The van der Waals surface area contributed by atoms with Crippen molar-refractivity contribution in [2.45, 2.75) is 83.6 Å². The highest BCUT2D eigenvalue weighted by Gasteiger charge is 2.25. The zero-order valence-corrected chi connectivity index (χ0v) is 13.4. The predicted molar refractivity (Wildman–Crippen MR) is 86.8 cm³/mol. The highest BCUT2D eigenvalue weighted by molar-refractivity contribution is 5.13. The molecule has 1 nitrogen and oxygen atoms in total. The van der Waals surface area contributed by atoms with Crippen molar-refractivity contribution >= 4 is 0 Å². The van der Waals surface area contributed by atoms with Crippen molar-refractivity contribution in [3.05, 3.63) is 11.6 Å². The van der Waals surface area contributed by atoms with E-state index in [9.17, 15) is 0 Å². The Kier molecular flexibility index (Phi) is 5.20. The molecule has 0 aromatic rings. The van der Waals surface area contributed by atoms with Gasteiger partial charge in [-0.2, -0.15) is 0 Å². The van der Waals surface area contributed by atoms with E-state index in [1.165, 1.54) is 77.2 Å². The van der Waals surface area contributed by atoms with Gasteiger partial charge in [-0.15, -0.1) is 0 Å². The molecule has 1 N–H and O–H groups in total. The Morgan fingerprint density at radius 1 is 0.950 bits per heavy atom. The van der Waals surface area contributed by atoms with Crippen LogP contribution in [0.2, 0.25) is 0 Å². The second-order valence-electron chi connectivity index (χ2n) is 7.76. The van der Waals surface area contributed by atoms with Crippen LogP contribution in [-0.2, 0) is 0 Å². The Labute approximate surface area is 125 Å². The van der Waals surface area contributed by atoms with E-state index in [0.29, 0.717) is 0 Å². The lowest BCUT2D eigenvalue weighted by molar-refractivity contribution is 0.319. The number of allylic oxidation sites excluding steroid dienone is 1. The maximum atomic E-state index is 3.79. The van der Waals surface area contributed by atoms with Crippen LogP contribution < -0.4 is 5.32 Å². The molecule has 3 aliphatic rings. The fourth-order valence-electron chi connectivity index (χ4n) is 4.30. The summed E-state index contributed by atoms with van der Waals surface area (Å²) < 4.78 is 0. The first-order valence-corrected chi connectivity index (χ1v) is 9.25. The second-order valence-corrected chi connectivity index (χ2v) is 7.76. The van der Waals surface area contributed by atoms with Crippen LogP contribution >= 0.6 is 0 Å². The van der Waals surface area contributed by atoms with E-state index in [4.69, 9.17) is 0 Å². The van der Waals surface area contributed by atoms with E-state index in [0.717, 1.165) is 23.8 Å². The summed E-state index contributed by atoms with van der Waals surface area (Å²) in [7, 11) is 0. The smallest absolute Gasteiger partial charge is 0.0170 e. The lowest BCUT2D eigenvalue weighted by Gasteiger charge is -2.29. The average molecular weight is 275 g/mol. The molecule has 114 valence electrons. The Morgan fingerprint density at radius 2 is 1.75 bits per heavy atom. The molecule has 0 aromatic heterocycles. The van der Waals surface area contributed by atoms with Gasteiger partial charge < -0.3 is 5.32 Å². The quantitative estimate of drug-likeness (QED) is 0.691. The van der Waals surface area contributed by atoms with Gasteiger partial charge in [0.1, 0.15) is 0 Å². The van der Waals surface area contributed by atoms with Crippen molar-refractivity contribution in [3.63, 3.8) is 0 Å². The molecule has 3 saturated carbocycles. The highest BCUT2D eigenvalue weighted by Crippen LogP contribution is 2.35. The van der Waals surface area contributed by atoms with E-state index in [1.807, 2.05) is 0 Å². The lowest BCUT2D eigenvalue weighted by Crippen LogP contribution is -2.25. The normalized spacial score (nSPS) is 33.4. The molecule has 1 heteroatoms. The van der Waals surface area contributed by atoms with E-state index in [-0.39, 0.29) is 0 Å². The minimum atomic E-state index is 0.854. The van der Waals surface area contributed by atoms with Crippen molar-refractivity contribution in [3.8, 4) is 0 Å². The fraction of sp³-hybridized carbons (Fsp3) is 0.895. The number of hydrogen-bond donors (Lipinski definition) is 1. The minimum absolute atomic E-state index is 0.854. The van der Waals surface area contributed by atoms with Gasteiger partial charge in [0, 0.05) is 12.6 Å². The molecule has 0 aromatic carbocycles. The average Bonchev–Trinajstić information content (AvgIpc) is 3.29. The molecule has 0 aliphatic heterocycles. The van der Waals surface area contributed by atoms with E-state index >= 15 is 0 Å². The van der Waals surface area contributed by atoms with Crippen LogP contribution in [0.1, 0.15) is 77.6 Å². The van der Waals surface area contributed by atoms with Crippen LogP contribution in [0.25, 0.3) is 0 Å². The highest BCUT2D eigenvalue weighted by atomic mass is 14.9. The summed E-state index contributed by atoms with van der Waals surface area (Å²) in [5.41, 5.74) is 1.79. The van der Waals surface area contributed by atoms with Crippen LogP contribution in [0, 0.1) is 17.8 Å². The SMILES string of the molecule is CC1CCCC(/C=C(/CNC2CC2)C2CCCCC2)C1. The van der Waals surface area contributed by atoms with Gasteiger partial charge in [0.15, 0.2) is 0 Å². The Hall–Kier alpha value is -0.300. The van der Waals surface area contributed by atoms with E-state index in [2.05, 4.69) is 18.3 Å². The van der Waals surface area contributed by atoms with Gasteiger partial charge in [-0.3, -0.25) is 0 Å². The van der Waals surface area contributed by atoms with Gasteiger partial charge in [0.2, 0.25) is 0 Å². The molecular formula is C19H33N. The zero-order valence-electron chi connectivity index (χ0n) is 13.4. The van der Waals surface area contributed by atoms with Gasteiger partial charge in [-0.05, 0) is 56.3 Å². The van der Waals surface area contributed by atoms with Crippen LogP contribution in [0.5, 0.6) is 0 Å². The van der Waals surface area contributed by atoms with Crippen molar-refractivity contribution in [1.29, 1.82) is 0 Å². The molecule has 0 spiro atoms. The Bertz CT molecular complexity index is 323.